The zero-order valence-electron chi connectivity index (χ0n) is 14.9. The highest BCUT2D eigenvalue weighted by molar-refractivity contribution is 7.89. The second-order valence-electron chi connectivity index (χ2n) is 7.33. The third-order valence-electron chi connectivity index (χ3n) is 5.46. The lowest BCUT2D eigenvalue weighted by Crippen LogP contribution is -2.41. The Balaban J connectivity index is 1.61. The van der Waals surface area contributed by atoms with Crippen LogP contribution in [-0.2, 0) is 16.4 Å². The Morgan fingerprint density at radius 1 is 1.11 bits per heavy atom. The number of ether oxygens (including phenoxy) is 1. The highest BCUT2D eigenvalue weighted by Crippen LogP contribution is 2.37. The fourth-order valence-corrected chi connectivity index (χ4v) is 4.66. The van der Waals surface area contributed by atoms with E-state index in [1.54, 1.807) is 0 Å². The van der Waals surface area contributed by atoms with Crippen LogP contribution in [0.2, 0.25) is 0 Å². The topological polar surface area (TPSA) is 81.4 Å². The molecule has 0 amide bonds. The molecule has 2 aromatic carbocycles. The van der Waals surface area contributed by atoms with Gasteiger partial charge in [0.05, 0.1) is 10.9 Å². The first-order valence-corrected chi connectivity index (χ1v) is 10.8. The van der Waals surface area contributed by atoms with E-state index in [4.69, 9.17) is 9.88 Å². The van der Waals surface area contributed by atoms with Gasteiger partial charge in [-0.05, 0) is 48.6 Å². The van der Waals surface area contributed by atoms with Crippen molar-refractivity contribution < 1.29 is 17.5 Å². The molecule has 2 aliphatic rings. The fourth-order valence-electron chi connectivity index (χ4n) is 4.14. The van der Waals surface area contributed by atoms with Gasteiger partial charge in [0.15, 0.2) is 11.6 Å². The summed E-state index contributed by atoms with van der Waals surface area (Å²) in [7, 11) is -3.95. The quantitative estimate of drug-likeness (QED) is 0.822. The SMILES string of the molecule is NS(=O)(=O)c1ccc(O[C@@H]2c3ccccc3C[C@H]2NC2CCCC2)c(F)c1. The Kier molecular flexibility index (Phi) is 4.92. The monoisotopic (exact) mass is 390 g/mol. The van der Waals surface area contributed by atoms with Gasteiger partial charge in [-0.3, -0.25) is 0 Å². The van der Waals surface area contributed by atoms with Crippen LogP contribution in [0, 0.1) is 5.82 Å². The normalized spacial score (nSPS) is 22.7. The standard InChI is InChI=1S/C20H23FN2O3S/c21-17-12-15(27(22,24)25)9-10-19(17)26-20-16-8-4-1-5-13(16)11-18(20)23-14-6-2-3-7-14/h1,4-5,8-10,12,14,18,20,23H,2-3,6-7,11H2,(H2,22,24,25)/t18-,20-/m1/s1. The predicted octanol–water partition coefficient (Wildman–Crippen LogP) is 3.05. The van der Waals surface area contributed by atoms with Crippen LogP contribution in [-0.4, -0.2) is 20.5 Å². The van der Waals surface area contributed by atoms with Crippen molar-refractivity contribution in [2.24, 2.45) is 5.14 Å². The molecule has 2 atom stereocenters. The van der Waals surface area contributed by atoms with E-state index in [2.05, 4.69) is 11.4 Å². The zero-order valence-corrected chi connectivity index (χ0v) is 15.7. The van der Waals surface area contributed by atoms with Gasteiger partial charge < -0.3 is 10.1 Å². The van der Waals surface area contributed by atoms with E-state index >= 15 is 0 Å². The predicted molar refractivity (Wildman–Crippen MR) is 100 cm³/mol. The van der Waals surface area contributed by atoms with Gasteiger partial charge in [0.1, 0.15) is 6.10 Å². The van der Waals surface area contributed by atoms with E-state index < -0.39 is 15.8 Å². The van der Waals surface area contributed by atoms with E-state index in [9.17, 15) is 12.8 Å². The van der Waals surface area contributed by atoms with Crippen molar-refractivity contribution >= 4 is 10.0 Å². The van der Waals surface area contributed by atoms with Gasteiger partial charge in [-0.15, -0.1) is 0 Å². The summed E-state index contributed by atoms with van der Waals surface area (Å²) in [5.74, 6) is -0.701. The van der Waals surface area contributed by atoms with Gasteiger partial charge in [-0.25, -0.2) is 17.9 Å². The molecular formula is C20H23FN2O3S. The number of hydrogen-bond donors (Lipinski definition) is 2. The van der Waals surface area contributed by atoms with Crippen LogP contribution in [0.4, 0.5) is 4.39 Å². The molecule has 2 aliphatic carbocycles. The average molecular weight is 390 g/mol. The van der Waals surface area contributed by atoms with Crippen LogP contribution in [0.15, 0.2) is 47.4 Å². The maximum absolute atomic E-state index is 14.5. The highest BCUT2D eigenvalue weighted by Gasteiger charge is 2.36. The third-order valence-corrected chi connectivity index (χ3v) is 6.37. The van der Waals surface area contributed by atoms with Gasteiger partial charge in [-0.2, -0.15) is 0 Å². The molecule has 0 spiro atoms. The smallest absolute Gasteiger partial charge is 0.238 e. The molecule has 3 N–H and O–H groups in total. The molecule has 7 heteroatoms. The number of benzene rings is 2. The number of sulfonamides is 1. The first-order valence-electron chi connectivity index (χ1n) is 9.25. The average Bonchev–Trinajstić information content (AvgIpc) is 3.24. The lowest BCUT2D eigenvalue weighted by atomic mass is 10.1. The molecule has 0 aromatic heterocycles. The van der Waals surface area contributed by atoms with Gasteiger partial charge in [0.25, 0.3) is 0 Å². The molecule has 0 heterocycles. The van der Waals surface area contributed by atoms with E-state index in [-0.39, 0.29) is 22.8 Å². The molecule has 0 aliphatic heterocycles. The number of primary sulfonamides is 1. The minimum Gasteiger partial charge on any atom is -0.481 e. The molecule has 0 saturated heterocycles. The van der Waals surface area contributed by atoms with Crippen molar-refractivity contribution in [3.63, 3.8) is 0 Å². The summed E-state index contributed by atoms with van der Waals surface area (Å²) in [4.78, 5) is -0.264. The summed E-state index contributed by atoms with van der Waals surface area (Å²) in [6.07, 6.45) is 5.26. The van der Waals surface area contributed by atoms with Crippen LogP contribution in [0.25, 0.3) is 0 Å². The summed E-state index contributed by atoms with van der Waals surface area (Å²) in [6, 6.07) is 12.1. The molecule has 0 radical (unpaired) electrons. The number of hydrogen-bond acceptors (Lipinski definition) is 4. The van der Waals surface area contributed by atoms with Gasteiger partial charge in [0.2, 0.25) is 10.0 Å². The molecule has 27 heavy (non-hydrogen) atoms. The molecule has 0 bridgehead atoms. The minimum atomic E-state index is -3.95. The Bertz CT molecular complexity index is 942. The Hall–Kier alpha value is -1.96. The number of halogens is 1. The number of rotatable bonds is 5. The van der Waals surface area contributed by atoms with Crippen LogP contribution in [0.3, 0.4) is 0 Å². The zero-order chi connectivity index (χ0) is 19.0. The molecule has 1 fully saturated rings. The summed E-state index contributed by atoms with van der Waals surface area (Å²) in [5.41, 5.74) is 2.24. The maximum atomic E-state index is 14.5. The lowest BCUT2D eigenvalue weighted by molar-refractivity contribution is 0.153. The summed E-state index contributed by atoms with van der Waals surface area (Å²) >= 11 is 0. The van der Waals surface area contributed by atoms with Crippen LogP contribution >= 0.6 is 0 Å². The Labute approximate surface area is 158 Å². The minimum absolute atomic E-state index is 0.0299. The van der Waals surface area contributed by atoms with Crippen molar-refractivity contribution in [3.8, 4) is 5.75 Å². The third kappa shape index (κ3) is 3.85. The first kappa shape index (κ1) is 18.4. The van der Waals surface area contributed by atoms with Crippen LogP contribution in [0.5, 0.6) is 5.75 Å². The number of nitrogens with two attached hydrogens (primary N) is 1. The van der Waals surface area contributed by atoms with Crippen molar-refractivity contribution in [3.05, 3.63) is 59.4 Å². The summed E-state index contributed by atoms with van der Waals surface area (Å²) in [6.45, 7) is 0. The molecule has 5 nitrogen and oxygen atoms in total. The van der Waals surface area contributed by atoms with Crippen LogP contribution in [0.1, 0.15) is 42.9 Å². The molecule has 0 unspecified atom stereocenters. The largest absolute Gasteiger partial charge is 0.481 e. The molecule has 2 aromatic rings. The van der Waals surface area contributed by atoms with Gasteiger partial charge in [-0.1, -0.05) is 37.1 Å². The van der Waals surface area contributed by atoms with E-state index in [1.165, 1.54) is 30.5 Å². The van der Waals surface area contributed by atoms with Gasteiger partial charge in [0, 0.05) is 6.04 Å². The van der Waals surface area contributed by atoms with Crippen molar-refractivity contribution in [2.75, 3.05) is 0 Å². The lowest BCUT2D eigenvalue weighted by Gasteiger charge is -2.26. The molecular weight excluding hydrogens is 367 g/mol. The summed E-state index contributed by atoms with van der Waals surface area (Å²) < 4.78 is 43.3. The molecule has 1 saturated carbocycles. The van der Waals surface area contributed by atoms with Crippen molar-refractivity contribution in [1.29, 1.82) is 0 Å². The second-order valence-corrected chi connectivity index (χ2v) is 8.89. The first-order chi connectivity index (χ1) is 12.9. The molecule has 4 rings (SSSR count). The van der Waals surface area contributed by atoms with E-state index in [0.29, 0.717) is 6.04 Å². The maximum Gasteiger partial charge on any atom is 0.238 e. The van der Waals surface area contributed by atoms with E-state index in [0.717, 1.165) is 30.9 Å². The highest BCUT2D eigenvalue weighted by atomic mass is 32.2. The second kappa shape index (κ2) is 7.22. The van der Waals surface area contributed by atoms with Crippen molar-refractivity contribution in [2.45, 2.75) is 55.2 Å². The van der Waals surface area contributed by atoms with E-state index in [1.807, 2.05) is 18.2 Å². The Morgan fingerprint density at radius 3 is 2.56 bits per heavy atom. The van der Waals surface area contributed by atoms with Gasteiger partial charge >= 0.3 is 0 Å². The van der Waals surface area contributed by atoms with Crippen molar-refractivity contribution in [1.82, 2.24) is 5.32 Å². The van der Waals surface area contributed by atoms with Crippen LogP contribution < -0.4 is 15.2 Å². The number of fused-ring (bicyclic) bond motifs is 1. The number of nitrogens with one attached hydrogen (secondary N) is 1. The molecule has 144 valence electrons. The fraction of sp³-hybridized carbons (Fsp3) is 0.400. The Morgan fingerprint density at radius 2 is 1.85 bits per heavy atom. The summed E-state index contributed by atoms with van der Waals surface area (Å²) in [5, 5.41) is 8.76.